The normalized spacial score (nSPS) is 15.5. The Morgan fingerprint density at radius 1 is 0.706 bits per heavy atom. The fourth-order valence-electron chi connectivity index (χ4n) is 2.86. The monoisotopic (exact) mass is 240 g/mol. The van der Waals surface area contributed by atoms with Crippen LogP contribution in [0.25, 0.3) is 0 Å². The van der Waals surface area contributed by atoms with Crippen molar-refractivity contribution in [2.24, 2.45) is 23.7 Å². The molecule has 0 aromatic heterocycles. The predicted octanol–water partition coefficient (Wildman–Crippen LogP) is 6.30. The van der Waals surface area contributed by atoms with Crippen LogP contribution in [0.5, 0.6) is 0 Å². The molecule has 0 aromatic carbocycles. The smallest absolute Gasteiger partial charge is 0.0365 e. The molecule has 0 heteroatoms. The van der Waals surface area contributed by atoms with E-state index in [4.69, 9.17) is 0 Å². The zero-order chi connectivity index (χ0) is 13.3. The van der Waals surface area contributed by atoms with Crippen molar-refractivity contribution in [3.05, 3.63) is 0 Å². The van der Waals surface area contributed by atoms with Crippen LogP contribution in [0.15, 0.2) is 0 Å². The van der Waals surface area contributed by atoms with E-state index in [-0.39, 0.29) is 0 Å². The van der Waals surface area contributed by atoms with Crippen molar-refractivity contribution in [3.8, 4) is 0 Å². The molecule has 0 amide bonds. The molecule has 0 aliphatic heterocycles. The van der Waals surface area contributed by atoms with Gasteiger partial charge in [0.15, 0.2) is 0 Å². The summed E-state index contributed by atoms with van der Waals surface area (Å²) < 4.78 is 0. The predicted molar refractivity (Wildman–Crippen MR) is 80.3 cm³/mol. The summed E-state index contributed by atoms with van der Waals surface area (Å²) in [5.74, 6) is 3.61. The van der Waals surface area contributed by atoms with Crippen LogP contribution in [-0.2, 0) is 0 Å². The topological polar surface area (TPSA) is 0 Å². The van der Waals surface area contributed by atoms with Crippen LogP contribution in [0.4, 0.5) is 0 Å². The van der Waals surface area contributed by atoms with E-state index in [1.165, 1.54) is 44.9 Å². The Morgan fingerprint density at radius 2 is 1.24 bits per heavy atom. The van der Waals surface area contributed by atoms with Crippen LogP contribution in [-0.4, -0.2) is 0 Å². The maximum Gasteiger partial charge on any atom is -0.0365 e. The lowest BCUT2D eigenvalue weighted by Crippen LogP contribution is -2.17. The highest BCUT2D eigenvalue weighted by molar-refractivity contribution is 4.69. The zero-order valence-electron chi connectivity index (χ0n) is 13.3. The third-order valence-corrected chi connectivity index (χ3v) is 4.30. The SMILES string of the molecule is CCC(C)C(CCCCCCC(C)C)C(C)C. The molecule has 0 rings (SSSR count). The molecule has 0 bridgehead atoms. The lowest BCUT2D eigenvalue weighted by Gasteiger charge is -2.26. The first-order valence-corrected chi connectivity index (χ1v) is 7.99. The Kier molecular flexibility index (Phi) is 9.97. The standard InChI is InChI=1S/C17H36/c1-7-16(6)17(15(4)5)13-11-9-8-10-12-14(2)3/h14-17H,7-13H2,1-6H3. The van der Waals surface area contributed by atoms with Crippen molar-refractivity contribution >= 4 is 0 Å². The molecule has 0 saturated carbocycles. The second-order valence-corrected chi connectivity index (χ2v) is 6.68. The van der Waals surface area contributed by atoms with Crippen molar-refractivity contribution in [1.82, 2.24) is 0 Å². The van der Waals surface area contributed by atoms with Gasteiger partial charge in [-0.25, -0.2) is 0 Å². The Balaban J connectivity index is 3.62. The summed E-state index contributed by atoms with van der Waals surface area (Å²) in [4.78, 5) is 0. The fourth-order valence-corrected chi connectivity index (χ4v) is 2.86. The molecule has 2 atom stereocenters. The largest absolute Gasteiger partial charge is 0.0651 e. The molecule has 0 spiro atoms. The number of unbranched alkanes of at least 4 members (excludes halogenated alkanes) is 3. The molecule has 0 aromatic rings. The molecule has 0 fully saturated rings. The molecular formula is C17H36. The first kappa shape index (κ1) is 17.0. The summed E-state index contributed by atoms with van der Waals surface area (Å²) in [6.07, 6.45) is 10.00. The summed E-state index contributed by atoms with van der Waals surface area (Å²) in [5.41, 5.74) is 0. The van der Waals surface area contributed by atoms with Gasteiger partial charge in [-0.15, -0.1) is 0 Å². The van der Waals surface area contributed by atoms with Crippen molar-refractivity contribution in [2.45, 2.75) is 86.5 Å². The van der Waals surface area contributed by atoms with E-state index in [1.807, 2.05) is 0 Å². The molecule has 0 heterocycles. The van der Waals surface area contributed by atoms with Crippen LogP contribution in [0.1, 0.15) is 86.5 Å². The first-order valence-electron chi connectivity index (χ1n) is 7.99. The summed E-state index contributed by atoms with van der Waals surface area (Å²) in [7, 11) is 0. The Morgan fingerprint density at radius 3 is 1.65 bits per heavy atom. The highest BCUT2D eigenvalue weighted by Gasteiger charge is 2.18. The van der Waals surface area contributed by atoms with Gasteiger partial charge in [-0.1, -0.05) is 80.1 Å². The minimum absolute atomic E-state index is 0.862. The summed E-state index contributed by atoms with van der Waals surface area (Å²) >= 11 is 0. The quantitative estimate of drug-likeness (QED) is 0.393. The van der Waals surface area contributed by atoms with E-state index in [0.29, 0.717) is 0 Å². The van der Waals surface area contributed by atoms with E-state index >= 15 is 0 Å². The van der Waals surface area contributed by atoms with Crippen LogP contribution >= 0.6 is 0 Å². The fraction of sp³-hybridized carbons (Fsp3) is 1.00. The lowest BCUT2D eigenvalue weighted by molar-refractivity contribution is 0.240. The molecule has 0 nitrogen and oxygen atoms in total. The molecule has 104 valence electrons. The molecule has 2 unspecified atom stereocenters. The second kappa shape index (κ2) is 9.97. The van der Waals surface area contributed by atoms with Crippen molar-refractivity contribution < 1.29 is 0 Å². The van der Waals surface area contributed by atoms with Crippen LogP contribution in [0, 0.1) is 23.7 Å². The Labute approximate surface area is 111 Å². The van der Waals surface area contributed by atoms with Gasteiger partial charge in [-0.05, 0) is 30.1 Å². The molecule has 0 radical (unpaired) electrons. The second-order valence-electron chi connectivity index (χ2n) is 6.68. The molecule has 0 aliphatic carbocycles. The molecule has 17 heavy (non-hydrogen) atoms. The van der Waals surface area contributed by atoms with Gasteiger partial charge in [0, 0.05) is 0 Å². The van der Waals surface area contributed by atoms with E-state index in [9.17, 15) is 0 Å². The minimum atomic E-state index is 0.862. The van der Waals surface area contributed by atoms with E-state index in [0.717, 1.165) is 23.7 Å². The van der Waals surface area contributed by atoms with E-state index in [1.54, 1.807) is 0 Å². The third-order valence-electron chi connectivity index (χ3n) is 4.30. The third kappa shape index (κ3) is 8.69. The highest BCUT2D eigenvalue weighted by atomic mass is 14.2. The molecular weight excluding hydrogens is 204 g/mol. The summed E-state index contributed by atoms with van der Waals surface area (Å²) in [5, 5.41) is 0. The van der Waals surface area contributed by atoms with Gasteiger partial charge in [0.1, 0.15) is 0 Å². The van der Waals surface area contributed by atoms with Crippen LogP contribution < -0.4 is 0 Å². The molecule has 0 saturated heterocycles. The summed E-state index contributed by atoms with van der Waals surface area (Å²) in [6.45, 7) is 14.2. The van der Waals surface area contributed by atoms with E-state index in [2.05, 4.69) is 41.5 Å². The van der Waals surface area contributed by atoms with Gasteiger partial charge in [-0.3, -0.25) is 0 Å². The maximum atomic E-state index is 2.43. The van der Waals surface area contributed by atoms with Gasteiger partial charge < -0.3 is 0 Å². The Hall–Kier alpha value is 0. The number of hydrogen-bond acceptors (Lipinski definition) is 0. The van der Waals surface area contributed by atoms with Crippen LogP contribution in [0.3, 0.4) is 0 Å². The van der Waals surface area contributed by atoms with Crippen molar-refractivity contribution in [1.29, 1.82) is 0 Å². The van der Waals surface area contributed by atoms with Gasteiger partial charge in [0.2, 0.25) is 0 Å². The Bertz CT molecular complexity index is 157. The zero-order valence-corrected chi connectivity index (χ0v) is 13.3. The minimum Gasteiger partial charge on any atom is -0.0651 e. The summed E-state index contributed by atoms with van der Waals surface area (Å²) in [6, 6.07) is 0. The van der Waals surface area contributed by atoms with E-state index < -0.39 is 0 Å². The van der Waals surface area contributed by atoms with Crippen molar-refractivity contribution in [3.63, 3.8) is 0 Å². The number of rotatable bonds is 10. The molecule has 0 aliphatic rings. The molecule has 0 N–H and O–H groups in total. The first-order chi connectivity index (χ1) is 7.99. The average molecular weight is 240 g/mol. The average Bonchev–Trinajstić information content (AvgIpc) is 2.26. The van der Waals surface area contributed by atoms with Crippen molar-refractivity contribution in [2.75, 3.05) is 0 Å². The van der Waals surface area contributed by atoms with Crippen LogP contribution in [0.2, 0.25) is 0 Å². The van der Waals surface area contributed by atoms with Gasteiger partial charge >= 0.3 is 0 Å². The number of hydrogen-bond donors (Lipinski definition) is 0. The van der Waals surface area contributed by atoms with Gasteiger partial charge in [0.05, 0.1) is 0 Å². The van der Waals surface area contributed by atoms with Gasteiger partial charge in [-0.2, -0.15) is 0 Å². The lowest BCUT2D eigenvalue weighted by atomic mass is 9.79. The maximum absolute atomic E-state index is 2.43. The van der Waals surface area contributed by atoms with Gasteiger partial charge in [0.25, 0.3) is 0 Å². The highest BCUT2D eigenvalue weighted by Crippen LogP contribution is 2.28.